The fourth-order valence-corrected chi connectivity index (χ4v) is 5.84. The number of carboxylic acids is 1. The highest BCUT2D eigenvalue weighted by molar-refractivity contribution is 9.10. The van der Waals surface area contributed by atoms with Gasteiger partial charge >= 0.3 is 12.0 Å². The van der Waals surface area contributed by atoms with Crippen LogP contribution in [-0.4, -0.2) is 69.7 Å². The van der Waals surface area contributed by atoms with Gasteiger partial charge in [0, 0.05) is 28.1 Å². The number of hydrogen-bond acceptors (Lipinski definition) is 6. The third-order valence-corrected chi connectivity index (χ3v) is 8.02. The van der Waals surface area contributed by atoms with Crippen molar-refractivity contribution in [1.29, 1.82) is 0 Å². The van der Waals surface area contributed by atoms with Crippen LogP contribution in [0.2, 0.25) is 5.02 Å². The van der Waals surface area contributed by atoms with Crippen molar-refractivity contribution in [3.63, 3.8) is 0 Å². The Labute approximate surface area is 274 Å². The first-order valence-corrected chi connectivity index (χ1v) is 15.5. The molecule has 2 N–H and O–H groups in total. The average Bonchev–Trinajstić information content (AvgIpc) is 3.36. The second-order valence-corrected chi connectivity index (χ2v) is 13.1. The zero-order valence-corrected chi connectivity index (χ0v) is 27.3. The minimum atomic E-state index is -1.24. The standard InChI is InChI=1S/C33H32BrClN4O6/c1-33(2,3)45-26-16-20(25(40)17-28(42)43)9-12-24(26)31-37-29(19-7-10-22(34)11-8-19)30(21-5-4-6-23(35)15-21)39(31)32(44)38-14-13-36-27(41)18-38/h4-12,15-16,29-30H,13-14,17-18H2,1-3H3,(H,36,41)(H,42,43). The molecule has 3 aromatic carbocycles. The van der Waals surface area contributed by atoms with Crippen LogP contribution in [0, 0.1) is 0 Å². The summed E-state index contributed by atoms with van der Waals surface area (Å²) in [6.07, 6.45) is -0.681. The molecule has 45 heavy (non-hydrogen) atoms. The molecule has 2 atom stereocenters. The Bertz CT molecular complexity index is 1690. The number of ketones is 1. The number of aliphatic carboxylic acids is 1. The van der Waals surface area contributed by atoms with Crippen molar-refractivity contribution in [2.75, 3.05) is 19.6 Å². The summed E-state index contributed by atoms with van der Waals surface area (Å²) in [6, 6.07) is 17.8. The van der Waals surface area contributed by atoms with Crippen LogP contribution in [0.5, 0.6) is 5.75 Å². The molecule has 2 heterocycles. The molecular formula is C33H32BrClN4O6. The van der Waals surface area contributed by atoms with Crippen LogP contribution in [0.15, 0.2) is 76.2 Å². The highest BCUT2D eigenvalue weighted by Gasteiger charge is 2.45. The maximum absolute atomic E-state index is 14.5. The molecule has 12 heteroatoms. The van der Waals surface area contributed by atoms with E-state index in [9.17, 15) is 24.3 Å². The van der Waals surface area contributed by atoms with Crippen LogP contribution in [0.4, 0.5) is 4.79 Å². The number of aliphatic imine (C=N–C) groups is 1. The maximum atomic E-state index is 14.5. The van der Waals surface area contributed by atoms with E-state index in [2.05, 4.69) is 21.2 Å². The number of hydrogen-bond donors (Lipinski definition) is 2. The predicted octanol–water partition coefficient (Wildman–Crippen LogP) is 6.03. The largest absolute Gasteiger partial charge is 0.487 e. The maximum Gasteiger partial charge on any atom is 0.326 e. The van der Waals surface area contributed by atoms with E-state index in [-0.39, 0.29) is 29.6 Å². The fraction of sp³-hybridized carbons (Fsp3) is 0.303. The van der Waals surface area contributed by atoms with E-state index in [1.807, 2.05) is 57.2 Å². The van der Waals surface area contributed by atoms with Gasteiger partial charge in [0.1, 0.15) is 36.2 Å². The van der Waals surface area contributed by atoms with Gasteiger partial charge in [0.05, 0.1) is 11.6 Å². The van der Waals surface area contributed by atoms with Crippen LogP contribution < -0.4 is 10.1 Å². The van der Waals surface area contributed by atoms with E-state index in [0.29, 0.717) is 23.7 Å². The zero-order chi connectivity index (χ0) is 32.5. The van der Waals surface area contributed by atoms with Crippen molar-refractivity contribution in [3.05, 3.63) is 98.5 Å². The molecule has 2 aliphatic rings. The molecule has 10 nitrogen and oxygen atoms in total. The van der Waals surface area contributed by atoms with Crippen molar-refractivity contribution >= 4 is 57.1 Å². The number of Topliss-reactive ketones (excluding diaryl/α,β-unsaturated/α-hetero) is 1. The van der Waals surface area contributed by atoms with Crippen LogP contribution in [0.3, 0.4) is 0 Å². The molecule has 1 saturated heterocycles. The molecule has 0 aliphatic carbocycles. The number of benzene rings is 3. The third kappa shape index (κ3) is 7.37. The first-order chi connectivity index (χ1) is 21.3. The number of carbonyl (C=O) groups is 4. The van der Waals surface area contributed by atoms with E-state index in [4.69, 9.17) is 21.3 Å². The lowest BCUT2D eigenvalue weighted by molar-refractivity contribution is -0.136. The lowest BCUT2D eigenvalue weighted by Crippen LogP contribution is -2.55. The highest BCUT2D eigenvalue weighted by atomic mass is 79.9. The van der Waals surface area contributed by atoms with E-state index in [1.165, 1.54) is 17.0 Å². The Morgan fingerprint density at radius 3 is 2.44 bits per heavy atom. The first-order valence-electron chi connectivity index (χ1n) is 14.3. The van der Waals surface area contributed by atoms with Crippen molar-refractivity contribution in [2.24, 2.45) is 4.99 Å². The normalized spacial score (nSPS) is 18.3. The van der Waals surface area contributed by atoms with Gasteiger partial charge in [0.25, 0.3) is 0 Å². The summed E-state index contributed by atoms with van der Waals surface area (Å²) in [5.74, 6) is -1.56. The number of urea groups is 1. The summed E-state index contributed by atoms with van der Waals surface area (Å²) in [5, 5.41) is 12.5. The van der Waals surface area contributed by atoms with E-state index < -0.39 is 41.9 Å². The van der Waals surface area contributed by atoms with Gasteiger partial charge in [0.2, 0.25) is 5.91 Å². The molecule has 3 amide bonds. The van der Waals surface area contributed by atoms with Crippen molar-refractivity contribution in [3.8, 4) is 5.75 Å². The second-order valence-electron chi connectivity index (χ2n) is 11.8. The van der Waals surface area contributed by atoms with Gasteiger partial charge in [-0.2, -0.15) is 0 Å². The summed E-state index contributed by atoms with van der Waals surface area (Å²) < 4.78 is 7.20. The Morgan fingerprint density at radius 1 is 1.07 bits per heavy atom. The van der Waals surface area contributed by atoms with Crippen LogP contribution in [0.25, 0.3) is 0 Å². The topological polar surface area (TPSA) is 129 Å². The number of halogens is 2. The van der Waals surface area contributed by atoms with Gasteiger partial charge in [-0.25, -0.2) is 4.79 Å². The monoisotopic (exact) mass is 694 g/mol. The fourth-order valence-electron chi connectivity index (χ4n) is 5.37. The summed E-state index contributed by atoms with van der Waals surface area (Å²) in [6.45, 7) is 6.01. The van der Waals surface area contributed by atoms with E-state index >= 15 is 0 Å². The molecule has 234 valence electrons. The Morgan fingerprint density at radius 2 is 1.80 bits per heavy atom. The smallest absolute Gasteiger partial charge is 0.326 e. The number of amidine groups is 1. The Hall–Kier alpha value is -4.22. The van der Waals surface area contributed by atoms with Crippen molar-refractivity contribution in [1.82, 2.24) is 15.1 Å². The van der Waals surface area contributed by atoms with Crippen molar-refractivity contribution < 1.29 is 29.0 Å². The Balaban J connectivity index is 1.73. The van der Waals surface area contributed by atoms with Gasteiger partial charge in [0.15, 0.2) is 5.78 Å². The molecule has 3 aromatic rings. The zero-order valence-electron chi connectivity index (χ0n) is 24.9. The molecule has 0 spiro atoms. The highest BCUT2D eigenvalue weighted by Crippen LogP contribution is 2.46. The molecule has 2 aliphatic heterocycles. The molecule has 0 bridgehead atoms. The SMILES string of the molecule is CC(C)(C)Oc1cc(C(=O)CC(=O)O)ccc1C1=NC(c2ccc(Br)cc2)C(c2cccc(Cl)c2)N1C(=O)N1CCNC(=O)C1. The molecular weight excluding hydrogens is 664 g/mol. The van der Waals surface area contributed by atoms with Gasteiger partial charge in [-0.1, -0.05) is 57.9 Å². The van der Waals surface area contributed by atoms with Crippen LogP contribution in [-0.2, 0) is 9.59 Å². The predicted molar refractivity (Wildman–Crippen MR) is 173 cm³/mol. The molecule has 1 fully saturated rings. The average molecular weight is 696 g/mol. The number of carboxylic acid groups (broad SMARTS) is 1. The minimum absolute atomic E-state index is 0.123. The lowest BCUT2D eigenvalue weighted by atomic mass is 9.93. The van der Waals surface area contributed by atoms with E-state index in [0.717, 1.165) is 15.6 Å². The van der Waals surface area contributed by atoms with E-state index in [1.54, 1.807) is 23.1 Å². The first kappa shape index (κ1) is 32.2. The summed E-state index contributed by atoms with van der Waals surface area (Å²) >= 11 is 9.96. The number of carbonyl (C=O) groups excluding carboxylic acids is 3. The molecule has 0 aromatic heterocycles. The number of ether oxygens (including phenoxy) is 1. The summed E-state index contributed by atoms with van der Waals surface area (Å²) in [7, 11) is 0. The molecule has 2 unspecified atom stereocenters. The summed E-state index contributed by atoms with van der Waals surface area (Å²) in [5.41, 5.74) is 1.42. The van der Waals surface area contributed by atoms with Crippen molar-refractivity contribution in [2.45, 2.75) is 44.9 Å². The third-order valence-electron chi connectivity index (χ3n) is 7.26. The van der Waals surface area contributed by atoms with Crippen LogP contribution >= 0.6 is 27.5 Å². The van der Waals surface area contributed by atoms with Gasteiger partial charge in [-0.05, 0) is 68.3 Å². The minimum Gasteiger partial charge on any atom is -0.487 e. The number of nitrogens with zero attached hydrogens (tertiary/aromatic N) is 3. The van der Waals surface area contributed by atoms with Gasteiger partial charge < -0.3 is 20.1 Å². The number of rotatable bonds is 7. The number of piperazine rings is 1. The van der Waals surface area contributed by atoms with Crippen LogP contribution in [0.1, 0.15) is 66.3 Å². The number of nitrogens with one attached hydrogen (secondary N) is 1. The number of amides is 3. The van der Waals surface area contributed by atoms with Gasteiger partial charge in [-0.3, -0.25) is 24.3 Å². The molecule has 0 radical (unpaired) electrons. The lowest BCUT2D eigenvalue weighted by Gasteiger charge is -2.36. The Kier molecular flexibility index (Phi) is 9.31. The molecule has 5 rings (SSSR count). The van der Waals surface area contributed by atoms with Gasteiger partial charge in [-0.15, -0.1) is 0 Å². The summed E-state index contributed by atoms with van der Waals surface area (Å²) in [4.78, 5) is 59.1. The second kappa shape index (κ2) is 13.0. The molecule has 0 saturated carbocycles. The quantitative estimate of drug-likeness (QED) is 0.229.